The molecule has 1 amide bonds. The zero-order chi connectivity index (χ0) is 20.1. The fraction of sp³-hybridized carbons (Fsp3) is 0.333. The summed E-state index contributed by atoms with van der Waals surface area (Å²) in [4.78, 5) is 21.5. The highest BCUT2D eigenvalue weighted by Gasteiger charge is 2.13. The number of rotatable bonds is 7. The molecule has 3 aromatic rings. The van der Waals surface area contributed by atoms with Crippen molar-refractivity contribution in [3.8, 4) is 0 Å². The minimum absolute atomic E-state index is 0.0399. The number of hydrogen-bond donors (Lipinski definition) is 1. The van der Waals surface area contributed by atoms with E-state index in [9.17, 15) is 4.79 Å². The van der Waals surface area contributed by atoms with Gasteiger partial charge in [-0.25, -0.2) is 14.6 Å². The number of carbonyl (C=O) groups is 1. The third-order valence-corrected chi connectivity index (χ3v) is 5.08. The van der Waals surface area contributed by atoms with Crippen molar-refractivity contribution in [2.75, 3.05) is 11.6 Å². The molecule has 0 radical (unpaired) electrons. The highest BCUT2D eigenvalue weighted by atomic mass is 32.2. The molecule has 6 nitrogen and oxygen atoms in total. The fourth-order valence-corrected chi connectivity index (χ4v) is 3.59. The Hall–Kier alpha value is -2.67. The van der Waals surface area contributed by atoms with Crippen LogP contribution in [-0.4, -0.2) is 31.9 Å². The summed E-state index contributed by atoms with van der Waals surface area (Å²) in [5, 5.41) is 8.27. The zero-order valence-corrected chi connectivity index (χ0v) is 17.5. The highest BCUT2D eigenvalue weighted by molar-refractivity contribution is 7.98. The average molecular weight is 396 g/mol. The van der Waals surface area contributed by atoms with Crippen molar-refractivity contribution in [2.45, 2.75) is 45.3 Å². The Morgan fingerprint density at radius 1 is 1.11 bits per heavy atom. The Morgan fingerprint density at radius 3 is 2.43 bits per heavy atom. The topological polar surface area (TPSA) is 72.7 Å². The minimum atomic E-state index is -0.0399. The van der Waals surface area contributed by atoms with Gasteiger partial charge in [0.25, 0.3) is 0 Å². The molecule has 2 aromatic heterocycles. The van der Waals surface area contributed by atoms with Crippen LogP contribution in [0.25, 0.3) is 0 Å². The van der Waals surface area contributed by atoms with E-state index in [0.29, 0.717) is 25.2 Å². The highest BCUT2D eigenvalue weighted by Crippen LogP contribution is 2.18. The summed E-state index contributed by atoms with van der Waals surface area (Å²) >= 11 is 1.53. The molecule has 146 valence electrons. The van der Waals surface area contributed by atoms with Gasteiger partial charge in [-0.3, -0.25) is 4.79 Å². The van der Waals surface area contributed by atoms with Gasteiger partial charge in [0.2, 0.25) is 5.91 Å². The van der Waals surface area contributed by atoms with Crippen LogP contribution in [0.4, 0.5) is 5.82 Å². The van der Waals surface area contributed by atoms with Crippen molar-refractivity contribution in [1.29, 1.82) is 0 Å². The summed E-state index contributed by atoms with van der Waals surface area (Å²) in [5.74, 6) is 0.677. The van der Waals surface area contributed by atoms with Crippen LogP contribution in [0.2, 0.25) is 0 Å². The van der Waals surface area contributed by atoms with Crippen molar-refractivity contribution < 1.29 is 4.79 Å². The molecule has 3 rings (SSSR count). The maximum Gasteiger partial charge on any atom is 0.225 e. The van der Waals surface area contributed by atoms with E-state index in [4.69, 9.17) is 0 Å². The lowest BCUT2D eigenvalue weighted by atomic mass is 10.1. The first-order valence-electron chi connectivity index (χ1n) is 9.22. The number of nitrogens with zero attached hydrogens (tertiary/aromatic N) is 4. The Kier molecular flexibility index (Phi) is 6.46. The molecule has 0 aliphatic heterocycles. The van der Waals surface area contributed by atoms with Gasteiger partial charge in [0.1, 0.15) is 5.82 Å². The van der Waals surface area contributed by atoms with Gasteiger partial charge in [0.15, 0.2) is 5.16 Å². The Bertz CT molecular complexity index is 945. The molecule has 0 bridgehead atoms. The van der Waals surface area contributed by atoms with Gasteiger partial charge in [0.05, 0.1) is 12.2 Å². The van der Waals surface area contributed by atoms with E-state index in [-0.39, 0.29) is 5.91 Å². The van der Waals surface area contributed by atoms with Gasteiger partial charge in [0, 0.05) is 23.9 Å². The summed E-state index contributed by atoms with van der Waals surface area (Å²) in [6, 6.07) is 12.0. The molecule has 0 aliphatic carbocycles. The summed E-state index contributed by atoms with van der Waals surface area (Å²) in [7, 11) is 0. The van der Waals surface area contributed by atoms with E-state index >= 15 is 0 Å². The zero-order valence-electron chi connectivity index (χ0n) is 16.7. The third kappa shape index (κ3) is 4.98. The molecule has 0 spiro atoms. The van der Waals surface area contributed by atoms with E-state index in [1.165, 1.54) is 11.8 Å². The lowest BCUT2D eigenvalue weighted by Gasteiger charge is -2.11. The summed E-state index contributed by atoms with van der Waals surface area (Å²) in [6.45, 7) is 6.49. The van der Waals surface area contributed by atoms with E-state index in [1.807, 2.05) is 68.1 Å². The number of carbonyl (C=O) groups excluding carboxylic acids is 1. The number of hydrogen-bond acceptors (Lipinski definition) is 5. The first kappa shape index (κ1) is 20.1. The van der Waals surface area contributed by atoms with E-state index in [0.717, 1.165) is 33.4 Å². The molecular weight excluding hydrogens is 370 g/mol. The Labute approximate surface area is 169 Å². The van der Waals surface area contributed by atoms with Gasteiger partial charge in [-0.15, -0.1) is 0 Å². The molecule has 28 heavy (non-hydrogen) atoms. The molecule has 0 saturated carbocycles. The van der Waals surface area contributed by atoms with E-state index in [2.05, 4.69) is 20.4 Å². The van der Waals surface area contributed by atoms with Crippen molar-refractivity contribution >= 4 is 23.5 Å². The minimum Gasteiger partial charge on any atom is -0.311 e. The molecule has 0 atom stereocenters. The number of benzene rings is 1. The molecular formula is C21H25N5OS. The normalized spacial score (nSPS) is 10.9. The summed E-state index contributed by atoms with van der Waals surface area (Å²) in [5.41, 5.74) is 4.93. The van der Waals surface area contributed by atoms with Crippen LogP contribution < -0.4 is 5.32 Å². The predicted molar refractivity (Wildman–Crippen MR) is 113 cm³/mol. The van der Waals surface area contributed by atoms with Crippen molar-refractivity contribution in [2.24, 2.45) is 0 Å². The third-order valence-electron chi connectivity index (χ3n) is 4.53. The second kappa shape index (κ2) is 9.01. The van der Waals surface area contributed by atoms with Crippen LogP contribution >= 0.6 is 11.8 Å². The maximum atomic E-state index is 12.5. The van der Waals surface area contributed by atoms with Gasteiger partial charge >= 0.3 is 0 Å². The molecule has 0 fully saturated rings. The smallest absolute Gasteiger partial charge is 0.225 e. The van der Waals surface area contributed by atoms with Crippen LogP contribution in [0, 0.1) is 20.8 Å². The molecule has 1 N–H and O–H groups in total. The summed E-state index contributed by atoms with van der Waals surface area (Å²) < 4.78 is 1.83. The van der Waals surface area contributed by atoms with Crippen molar-refractivity contribution in [1.82, 2.24) is 19.7 Å². The molecule has 7 heteroatoms. The van der Waals surface area contributed by atoms with Crippen molar-refractivity contribution in [3.05, 3.63) is 64.6 Å². The maximum absolute atomic E-state index is 12.5. The van der Waals surface area contributed by atoms with Gasteiger partial charge < -0.3 is 5.32 Å². The Balaban J connectivity index is 1.66. The average Bonchev–Trinajstić information content (AvgIpc) is 3.00. The van der Waals surface area contributed by atoms with E-state index in [1.54, 1.807) is 0 Å². The number of aryl methyl sites for hydroxylation is 3. The van der Waals surface area contributed by atoms with Gasteiger partial charge in [-0.1, -0.05) is 42.1 Å². The first-order valence-corrected chi connectivity index (χ1v) is 10.4. The molecule has 1 aromatic carbocycles. The second-order valence-electron chi connectivity index (χ2n) is 6.72. The lowest BCUT2D eigenvalue weighted by molar-refractivity contribution is -0.116. The van der Waals surface area contributed by atoms with Gasteiger partial charge in [-0.2, -0.15) is 5.10 Å². The van der Waals surface area contributed by atoms with Crippen LogP contribution in [0.3, 0.4) is 0 Å². The van der Waals surface area contributed by atoms with Crippen molar-refractivity contribution in [3.63, 3.8) is 0 Å². The number of aromatic nitrogens is 4. The quantitative estimate of drug-likeness (QED) is 0.485. The molecule has 0 saturated heterocycles. The number of thioether (sulfide) groups is 1. The number of amides is 1. The number of nitrogens with one attached hydrogen (secondary N) is 1. The largest absolute Gasteiger partial charge is 0.311 e. The van der Waals surface area contributed by atoms with Crippen LogP contribution in [0.15, 0.2) is 41.6 Å². The Morgan fingerprint density at radius 2 is 1.79 bits per heavy atom. The summed E-state index contributed by atoms with van der Waals surface area (Å²) in [6.07, 6.45) is 2.95. The lowest BCUT2D eigenvalue weighted by Crippen LogP contribution is -2.17. The second-order valence-corrected chi connectivity index (χ2v) is 7.50. The predicted octanol–water partition coefficient (Wildman–Crippen LogP) is 3.94. The standard InChI is InChI=1S/C21H25N5OS/c1-14-12-19(26(25-14)13-17-8-6-5-7-9-17)24-20(27)11-10-18-15(2)22-21(28-4)23-16(18)3/h5-9,12H,10-11,13H2,1-4H3,(H,24,27). The monoisotopic (exact) mass is 395 g/mol. The molecule has 0 aliphatic rings. The molecule has 0 unspecified atom stereocenters. The SMILES string of the molecule is CSc1nc(C)c(CCC(=O)Nc2cc(C)nn2Cc2ccccc2)c(C)n1. The fourth-order valence-electron chi connectivity index (χ4n) is 3.13. The first-order chi connectivity index (χ1) is 13.5. The van der Waals surface area contributed by atoms with Crippen LogP contribution in [0.1, 0.15) is 34.6 Å². The van der Waals surface area contributed by atoms with Crippen LogP contribution in [-0.2, 0) is 17.8 Å². The van der Waals surface area contributed by atoms with Gasteiger partial charge in [-0.05, 0) is 44.6 Å². The number of anilines is 1. The molecule has 2 heterocycles. The van der Waals surface area contributed by atoms with Crippen LogP contribution in [0.5, 0.6) is 0 Å². The van der Waals surface area contributed by atoms with E-state index < -0.39 is 0 Å².